The number of amides is 1. The lowest BCUT2D eigenvalue weighted by Crippen LogP contribution is -2.55. The van der Waals surface area contributed by atoms with E-state index in [-0.39, 0.29) is 5.91 Å². The molecule has 0 radical (unpaired) electrons. The number of piperazine rings is 1. The fourth-order valence-corrected chi connectivity index (χ4v) is 3.50. The van der Waals surface area contributed by atoms with Gasteiger partial charge in [-0.15, -0.1) is 0 Å². The van der Waals surface area contributed by atoms with E-state index in [9.17, 15) is 4.79 Å². The van der Waals surface area contributed by atoms with Gasteiger partial charge in [-0.1, -0.05) is 12.1 Å². The Kier molecular flexibility index (Phi) is 5.30. The Labute approximate surface area is 138 Å². The molecule has 2 saturated heterocycles. The molecule has 0 bridgehead atoms. The van der Waals surface area contributed by atoms with Crippen LogP contribution in [0.2, 0.25) is 0 Å². The highest BCUT2D eigenvalue weighted by Crippen LogP contribution is 2.14. The summed E-state index contributed by atoms with van der Waals surface area (Å²) in [5, 5.41) is 3.47. The molecule has 3 rings (SSSR count). The van der Waals surface area contributed by atoms with Crippen LogP contribution in [0.3, 0.4) is 0 Å². The summed E-state index contributed by atoms with van der Waals surface area (Å²) in [4.78, 5) is 17.1. The average Bonchev–Trinajstić information content (AvgIpc) is 2.54. The molecule has 1 aromatic rings. The smallest absolute Gasteiger partial charge is 0.253 e. The number of carbonyl (C=O) groups is 1. The predicted octanol–water partition coefficient (Wildman–Crippen LogP) is 1.34. The normalized spacial score (nSPS) is 26.3. The molecule has 0 saturated carbocycles. The predicted molar refractivity (Wildman–Crippen MR) is 90.5 cm³/mol. The van der Waals surface area contributed by atoms with Gasteiger partial charge in [0, 0.05) is 50.4 Å². The lowest BCUT2D eigenvalue weighted by Gasteiger charge is -2.36. The number of morpholine rings is 1. The van der Waals surface area contributed by atoms with Gasteiger partial charge in [0.2, 0.25) is 0 Å². The Bertz CT molecular complexity index is 533. The second kappa shape index (κ2) is 7.43. The van der Waals surface area contributed by atoms with Gasteiger partial charge in [-0.25, -0.2) is 0 Å². The molecule has 1 amide bonds. The third kappa shape index (κ3) is 4.31. The van der Waals surface area contributed by atoms with Gasteiger partial charge in [0.25, 0.3) is 5.91 Å². The quantitative estimate of drug-likeness (QED) is 0.914. The van der Waals surface area contributed by atoms with E-state index >= 15 is 0 Å². The van der Waals surface area contributed by atoms with Crippen LogP contribution < -0.4 is 5.32 Å². The van der Waals surface area contributed by atoms with Crippen LogP contribution in [-0.4, -0.2) is 67.2 Å². The van der Waals surface area contributed by atoms with Crippen LogP contribution in [0.5, 0.6) is 0 Å². The van der Waals surface area contributed by atoms with Crippen LogP contribution in [0, 0.1) is 0 Å². The van der Waals surface area contributed by atoms with E-state index in [1.54, 1.807) is 0 Å². The minimum atomic E-state index is 0.147. The number of hydrogen-bond acceptors (Lipinski definition) is 4. The van der Waals surface area contributed by atoms with E-state index in [2.05, 4.69) is 36.2 Å². The standard InChI is InChI=1S/C18H27N3O2/c1-14-11-21(12-15(2)19-14)18(22)17-5-3-4-16(10-17)13-20-6-8-23-9-7-20/h3-5,10,14-15,19H,6-9,11-13H2,1-2H3/t14-,15+. The fraction of sp³-hybridized carbons (Fsp3) is 0.611. The Morgan fingerprint density at radius 1 is 1.22 bits per heavy atom. The summed E-state index contributed by atoms with van der Waals surface area (Å²) in [5.74, 6) is 0.147. The number of benzene rings is 1. The van der Waals surface area contributed by atoms with Crippen molar-refractivity contribution in [2.75, 3.05) is 39.4 Å². The Morgan fingerprint density at radius 2 is 1.91 bits per heavy atom. The van der Waals surface area contributed by atoms with Crippen LogP contribution in [0.25, 0.3) is 0 Å². The van der Waals surface area contributed by atoms with Crippen LogP contribution in [0.4, 0.5) is 0 Å². The number of ether oxygens (including phenoxy) is 1. The van der Waals surface area contributed by atoms with Gasteiger partial charge in [-0.2, -0.15) is 0 Å². The molecule has 2 atom stereocenters. The lowest BCUT2D eigenvalue weighted by atomic mass is 10.1. The van der Waals surface area contributed by atoms with E-state index in [0.717, 1.165) is 51.5 Å². The van der Waals surface area contributed by atoms with Gasteiger partial charge in [0.1, 0.15) is 0 Å². The Balaban J connectivity index is 1.67. The topological polar surface area (TPSA) is 44.8 Å². The zero-order chi connectivity index (χ0) is 16.2. The summed E-state index contributed by atoms with van der Waals surface area (Å²) in [5.41, 5.74) is 2.01. The maximum absolute atomic E-state index is 12.8. The first-order valence-electron chi connectivity index (χ1n) is 8.56. The lowest BCUT2D eigenvalue weighted by molar-refractivity contribution is 0.0341. The van der Waals surface area contributed by atoms with Crippen molar-refractivity contribution in [1.29, 1.82) is 0 Å². The molecule has 0 unspecified atom stereocenters. The third-order valence-corrected chi connectivity index (χ3v) is 4.53. The summed E-state index contributed by atoms with van der Waals surface area (Å²) in [7, 11) is 0. The molecule has 1 N–H and O–H groups in total. The molecule has 2 heterocycles. The molecule has 2 aliphatic heterocycles. The fourth-order valence-electron chi connectivity index (χ4n) is 3.50. The highest BCUT2D eigenvalue weighted by atomic mass is 16.5. The highest BCUT2D eigenvalue weighted by Gasteiger charge is 2.25. The summed E-state index contributed by atoms with van der Waals surface area (Å²) in [6, 6.07) is 8.78. The molecule has 5 nitrogen and oxygen atoms in total. The van der Waals surface area contributed by atoms with E-state index in [0.29, 0.717) is 12.1 Å². The molecule has 2 aliphatic rings. The minimum absolute atomic E-state index is 0.147. The zero-order valence-electron chi connectivity index (χ0n) is 14.1. The van der Waals surface area contributed by atoms with Gasteiger partial charge in [-0.05, 0) is 31.5 Å². The summed E-state index contributed by atoms with van der Waals surface area (Å²) < 4.78 is 5.39. The highest BCUT2D eigenvalue weighted by molar-refractivity contribution is 5.94. The largest absolute Gasteiger partial charge is 0.379 e. The first-order valence-corrected chi connectivity index (χ1v) is 8.56. The third-order valence-electron chi connectivity index (χ3n) is 4.53. The zero-order valence-corrected chi connectivity index (χ0v) is 14.1. The maximum Gasteiger partial charge on any atom is 0.253 e. The Morgan fingerprint density at radius 3 is 2.61 bits per heavy atom. The van der Waals surface area contributed by atoms with Crippen LogP contribution in [0.15, 0.2) is 24.3 Å². The van der Waals surface area contributed by atoms with Crippen molar-refractivity contribution in [2.24, 2.45) is 0 Å². The summed E-state index contributed by atoms with van der Waals surface area (Å²) in [6.45, 7) is 10.2. The van der Waals surface area contributed by atoms with Crippen molar-refractivity contribution in [3.05, 3.63) is 35.4 Å². The molecule has 23 heavy (non-hydrogen) atoms. The van der Waals surface area contributed by atoms with Crippen molar-refractivity contribution in [1.82, 2.24) is 15.1 Å². The van der Waals surface area contributed by atoms with Crippen molar-refractivity contribution < 1.29 is 9.53 Å². The number of nitrogens with one attached hydrogen (secondary N) is 1. The van der Waals surface area contributed by atoms with Crippen LogP contribution >= 0.6 is 0 Å². The molecule has 126 valence electrons. The van der Waals surface area contributed by atoms with Gasteiger partial charge >= 0.3 is 0 Å². The van der Waals surface area contributed by atoms with Crippen LogP contribution in [-0.2, 0) is 11.3 Å². The summed E-state index contributed by atoms with van der Waals surface area (Å²) in [6.07, 6.45) is 0. The van der Waals surface area contributed by atoms with E-state index in [4.69, 9.17) is 4.74 Å². The van der Waals surface area contributed by atoms with Crippen molar-refractivity contribution in [3.63, 3.8) is 0 Å². The van der Waals surface area contributed by atoms with Gasteiger partial charge in [-0.3, -0.25) is 9.69 Å². The van der Waals surface area contributed by atoms with Crippen molar-refractivity contribution in [2.45, 2.75) is 32.5 Å². The molecule has 0 aromatic heterocycles. The number of hydrogen-bond donors (Lipinski definition) is 1. The number of carbonyl (C=O) groups excluding carboxylic acids is 1. The minimum Gasteiger partial charge on any atom is -0.379 e. The number of rotatable bonds is 3. The first-order chi connectivity index (χ1) is 11.1. The first kappa shape index (κ1) is 16.4. The van der Waals surface area contributed by atoms with Crippen molar-refractivity contribution in [3.8, 4) is 0 Å². The van der Waals surface area contributed by atoms with Gasteiger partial charge in [0.05, 0.1) is 13.2 Å². The molecule has 2 fully saturated rings. The number of nitrogens with zero attached hydrogens (tertiary/aromatic N) is 2. The Hall–Kier alpha value is -1.43. The second-order valence-corrected chi connectivity index (χ2v) is 6.77. The van der Waals surface area contributed by atoms with E-state index in [1.807, 2.05) is 17.0 Å². The molecular formula is C18H27N3O2. The van der Waals surface area contributed by atoms with Gasteiger partial charge < -0.3 is 15.0 Å². The van der Waals surface area contributed by atoms with Gasteiger partial charge in [0.15, 0.2) is 0 Å². The molecule has 1 aromatic carbocycles. The molecule has 0 spiro atoms. The molecule has 0 aliphatic carbocycles. The SMILES string of the molecule is C[C@@H]1CN(C(=O)c2cccc(CN3CCOCC3)c2)C[C@H](C)N1. The molecular weight excluding hydrogens is 290 g/mol. The maximum atomic E-state index is 12.8. The van der Waals surface area contributed by atoms with E-state index in [1.165, 1.54) is 5.56 Å². The summed E-state index contributed by atoms with van der Waals surface area (Å²) >= 11 is 0. The van der Waals surface area contributed by atoms with E-state index < -0.39 is 0 Å². The monoisotopic (exact) mass is 317 g/mol. The molecule has 5 heteroatoms. The van der Waals surface area contributed by atoms with Crippen LogP contribution in [0.1, 0.15) is 29.8 Å². The average molecular weight is 317 g/mol. The van der Waals surface area contributed by atoms with Crippen molar-refractivity contribution >= 4 is 5.91 Å². The second-order valence-electron chi connectivity index (χ2n) is 6.77.